The molecule has 2 saturated heterocycles. The number of hydrogen-bond donors (Lipinski definition) is 5. The zero-order chi connectivity index (χ0) is 43.4. The van der Waals surface area contributed by atoms with Crippen molar-refractivity contribution in [2.24, 2.45) is 17.3 Å². The number of phenols is 1. The van der Waals surface area contributed by atoms with Crippen molar-refractivity contribution >= 4 is 40.6 Å². The van der Waals surface area contributed by atoms with Crippen LogP contribution in [0.1, 0.15) is 83.5 Å². The molecule has 3 fully saturated rings. The minimum absolute atomic E-state index is 0.0508. The van der Waals surface area contributed by atoms with E-state index in [0.29, 0.717) is 55.7 Å². The first-order valence-corrected chi connectivity index (χ1v) is 22.5. The van der Waals surface area contributed by atoms with E-state index in [2.05, 4.69) is 30.7 Å². The average Bonchev–Trinajstić information content (AvgIpc) is 3.78. The van der Waals surface area contributed by atoms with Crippen molar-refractivity contribution in [3.8, 4) is 27.4 Å². The predicted octanol–water partition coefficient (Wildman–Crippen LogP) is 5.55. The first-order valence-electron chi connectivity index (χ1n) is 21.7. The molecule has 7 rings (SSSR count). The molecule has 3 aliphatic rings. The van der Waals surface area contributed by atoms with Crippen LogP contribution in [0.4, 0.5) is 11.5 Å². The number of β-amino-alcohol motifs (C(OH)–C–C–N with tert-alkyl or cyclic N) is 1. The Kier molecular flexibility index (Phi) is 13.6. The number of benzene rings is 2. The number of para-hydroxylation sites is 1. The van der Waals surface area contributed by atoms with Gasteiger partial charge in [-0.25, -0.2) is 4.98 Å². The molecule has 2 aliphatic heterocycles. The zero-order valence-electron chi connectivity index (χ0n) is 36.0. The van der Waals surface area contributed by atoms with Gasteiger partial charge in [0.25, 0.3) is 0 Å². The number of carbonyl (C=O) groups excluding carboxylic acids is 3. The number of aromatic hydroxyl groups is 1. The minimum Gasteiger partial charge on any atom is -0.507 e. The van der Waals surface area contributed by atoms with Gasteiger partial charge < -0.3 is 41.3 Å². The normalized spacial score (nSPS) is 22.1. The molecule has 0 bridgehead atoms. The van der Waals surface area contributed by atoms with Crippen LogP contribution in [-0.4, -0.2) is 110 Å². The van der Waals surface area contributed by atoms with E-state index in [0.717, 1.165) is 59.5 Å². The second kappa shape index (κ2) is 18.9. The average molecular weight is 852 g/mol. The highest BCUT2D eigenvalue weighted by Crippen LogP contribution is 2.34. The van der Waals surface area contributed by atoms with Crippen molar-refractivity contribution in [2.45, 2.75) is 97.4 Å². The van der Waals surface area contributed by atoms with Crippen LogP contribution in [0.3, 0.4) is 0 Å². The number of nitrogen functional groups attached to an aromatic ring is 1. The third-order valence-corrected chi connectivity index (χ3v) is 13.7. The lowest BCUT2D eigenvalue weighted by atomic mass is 9.85. The van der Waals surface area contributed by atoms with E-state index in [1.54, 1.807) is 34.4 Å². The molecule has 61 heavy (non-hydrogen) atoms. The van der Waals surface area contributed by atoms with E-state index in [1.807, 2.05) is 81.4 Å². The molecule has 0 spiro atoms. The van der Waals surface area contributed by atoms with E-state index in [4.69, 9.17) is 5.73 Å². The Morgan fingerprint density at radius 3 is 2.41 bits per heavy atom. The number of aliphatic hydroxyl groups is 1. The van der Waals surface area contributed by atoms with Crippen molar-refractivity contribution in [2.75, 3.05) is 49.9 Å². The maximum absolute atomic E-state index is 14.4. The molecule has 4 aromatic rings. The Hall–Kier alpha value is -5.12. The molecule has 2 unspecified atom stereocenters. The quantitative estimate of drug-likeness (QED) is 0.119. The lowest BCUT2D eigenvalue weighted by Crippen LogP contribution is -2.57. The molecule has 1 aliphatic carbocycles. The summed E-state index contributed by atoms with van der Waals surface area (Å²) in [5.41, 5.74) is 12.5. The highest BCUT2D eigenvalue weighted by atomic mass is 32.1. The van der Waals surface area contributed by atoms with Crippen LogP contribution in [0, 0.1) is 24.2 Å². The van der Waals surface area contributed by atoms with Gasteiger partial charge in [0.1, 0.15) is 11.8 Å². The maximum Gasteiger partial charge on any atom is 0.243 e. The molecule has 15 heteroatoms. The molecular weight excluding hydrogens is 791 g/mol. The highest BCUT2D eigenvalue weighted by molar-refractivity contribution is 7.13. The largest absolute Gasteiger partial charge is 0.507 e. The summed E-state index contributed by atoms with van der Waals surface area (Å²) in [7, 11) is 0. The monoisotopic (exact) mass is 851 g/mol. The number of nitrogens with two attached hydrogens (primary N) is 1. The van der Waals surface area contributed by atoms with Crippen molar-refractivity contribution in [3.63, 3.8) is 0 Å². The first-order chi connectivity index (χ1) is 29.2. The number of rotatable bonds is 11. The van der Waals surface area contributed by atoms with Crippen molar-refractivity contribution in [1.29, 1.82) is 0 Å². The van der Waals surface area contributed by atoms with Crippen LogP contribution in [0.2, 0.25) is 0 Å². The predicted molar refractivity (Wildman–Crippen MR) is 239 cm³/mol. The van der Waals surface area contributed by atoms with Crippen LogP contribution in [0.25, 0.3) is 21.7 Å². The standard InChI is InChI=1S/C46H61N9O5S/c1-28(31-15-17-32(18-16-31)40-29(2)49-27-61-40)50-43(58)38-23-34(56)26-55(38)45(60)41(46(3,4)5)48-25-30-9-8-10-33(14-13-30)44(59)54-21-19-53(20-22-54)37-24-36(51-52-42(37)47)35-11-6-7-12-39(35)57/h6-7,11-12,15-18,24,27-28,30,33-34,38,41,48,56-57H,8-10,13-14,19-23,25-26H2,1-5H3,(H2,47,52)(H,50,58)/t28-,30?,33?,34+,38-,41+/m0/s1. The van der Waals surface area contributed by atoms with Crippen LogP contribution < -0.4 is 21.3 Å². The fourth-order valence-electron chi connectivity index (χ4n) is 9.14. The van der Waals surface area contributed by atoms with Crippen LogP contribution in [0.15, 0.2) is 60.1 Å². The summed E-state index contributed by atoms with van der Waals surface area (Å²) in [6, 6.07) is 15.3. The van der Waals surface area contributed by atoms with Gasteiger partial charge in [-0.2, -0.15) is 0 Å². The van der Waals surface area contributed by atoms with Gasteiger partial charge in [-0.05, 0) is 86.7 Å². The number of aryl methyl sites for hydroxylation is 1. The Morgan fingerprint density at radius 1 is 0.984 bits per heavy atom. The molecule has 326 valence electrons. The highest BCUT2D eigenvalue weighted by Gasteiger charge is 2.44. The molecule has 0 radical (unpaired) electrons. The van der Waals surface area contributed by atoms with Crippen molar-refractivity contribution in [1.82, 2.24) is 35.6 Å². The zero-order valence-corrected chi connectivity index (χ0v) is 36.8. The number of phenolic OH excluding ortho intramolecular Hbond substituents is 1. The van der Waals surface area contributed by atoms with Gasteiger partial charge >= 0.3 is 0 Å². The number of nitrogens with one attached hydrogen (secondary N) is 2. The molecule has 1 saturated carbocycles. The van der Waals surface area contributed by atoms with Gasteiger partial charge in [-0.1, -0.05) is 63.6 Å². The topological polar surface area (TPSA) is 190 Å². The Labute approximate surface area is 362 Å². The van der Waals surface area contributed by atoms with Crippen LogP contribution in [-0.2, 0) is 14.4 Å². The van der Waals surface area contributed by atoms with Gasteiger partial charge in [0.2, 0.25) is 17.7 Å². The van der Waals surface area contributed by atoms with Gasteiger partial charge in [0, 0.05) is 50.6 Å². The summed E-state index contributed by atoms with van der Waals surface area (Å²) in [4.78, 5) is 53.2. The summed E-state index contributed by atoms with van der Waals surface area (Å²) in [6.07, 6.45) is 3.78. The molecule has 2 aromatic heterocycles. The van der Waals surface area contributed by atoms with Gasteiger partial charge in [-0.15, -0.1) is 21.5 Å². The van der Waals surface area contributed by atoms with Crippen LogP contribution >= 0.6 is 11.3 Å². The summed E-state index contributed by atoms with van der Waals surface area (Å²) in [6.45, 7) is 13.1. The number of aromatic nitrogens is 3. The molecule has 3 amide bonds. The number of thiazole rings is 1. The number of hydrogen-bond acceptors (Lipinski definition) is 12. The summed E-state index contributed by atoms with van der Waals surface area (Å²) < 4.78 is 0. The third kappa shape index (κ3) is 10.2. The third-order valence-electron chi connectivity index (χ3n) is 12.7. The lowest BCUT2D eigenvalue weighted by Gasteiger charge is -2.37. The fraction of sp³-hybridized carbons (Fsp3) is 0.522. The van der Waals surface area contributed by atoms with Crippen LogP contribution in [0.5, 0.6) is 5.75 Å². The molecular formula is C46H61N9O5S. The lowest BCUT2D eigenvalue weighted by molar-refractivity contribution is -0.142. The number of aliphatic hydroxyl groups excluding tert-OH is 1. The SMILES string of the molecule is Cc1ncsc1-c1ccc([C@H](C)NC(=O)[C@@H]2C[C@@H](O)CN2C(=O)[C@@H](NCC2CCCC(C(=O)N3CCN(c4cc(-c5ccccc5O)nnc4N)CC3)CC2)C(C)(C)C)cc1. The Balaban J connectivity index is 0.910. The van der Waals surface area contributed by atoms with Gasteiger partial charge in [0.15, 0.2) is 5.82 Å². The second-order valence-corrected chi connectivity index (χ2v) is 19.0. The van der Waals surface area contributed by atoms with Gasteiger partial charge in [0.05, 0.1) is 45.7 Å². The molecule has 6 N–H and O–H groups in total. The van der Waals surface area contributed by atoms with E-state index < -0.39 is 23.6 Å². The summed E-state index contributed by atoms with van der Waals surface area (Å²) >= 11 is 1.60. The van der Waals surface area contributed by atoms with Crippen molar-refractivity contribution < 1.29 is 24.6 Å². The number of nitrogens with zero attached hydrogens (tertiary/aromatic N) is 6. The molecule has 6 atom stereocenters. The van der Waals surface area contributed by atoms with E-state index in [-0.39, 0.29) is 48.4 Å². The van der Waals surface area contributed by atoms with E-state index in [9.17, 15) is 24.6 Å². The second-order valence-electron chi connectivity index (χ2n) is 18.1. The smallest absolute Gasteiger partial charge is 0.243 e. The fourth-order valence-corrected chi connectivity index (χ4v) is 9.95. The number of piperazine rings is 1. The number of carbonyl (C=O) groups is 3. The molecule has 2 aromatic carbocycles. The van der Waals surface area contributed by atoms with E-state index >= 15 is 0 Å². The number of amides is 3. The minimum atomic E-state index is -0.787. The summed E-state index contributed by atoms with van der Waals surface area (Å²) in [5.74, 6) is 0.420. The Bertz CT molecular complexity index is 2170. The Morgan fingerprint density at radius 2 is 1.72 bits per heavy atom. The van der Waals surface area contributed by atoms with Gasteiger partial charge in [-0.3, -0.25) is 14.4 Å². The molecule has 4 heterocycles. The molecule has 14 nitrogen and oxygen atoms in total. The van der Waals surface area contributed by atoms with E-state index in [1.165, 1.54) is 0 Å². The first kappa shape index (κ1) is 44.0. The van der Waals surface area contributed by atoms with Crippen molar-refractivity contribution in [3.05, 3.63) is 71.4 Å². The maximum atomic E-state index is 14.4. The number of likely N-dealkylation sites (tertiary alicyclic amines) is 1. The summed E-state index contributed by atoms with van der Waals surface area (Å²) in [5, 5.41) is 36.2. The number of anilines is 2.